The normalized spacial score (nSPS) is 23.3. The van der Waals surface area contributed by atoms with Gasteiger partial charge in [0.05, 0.1) is 16.3 Å². The molecule has 0 amide bonds. The molecule has 2 unspecified atom stereocenters. The highest BCUT2D eigenvalue weighted by molar-refractivity contribution is 7.91. The van der Waals surface area contributed by atoms with Gasteiger partial charge in [0.25, 0.3) is 0 Å². The Hall–Kier alpha value is -1.07. The predicted octanol–water partition coefficient (Wildman–Crippen LogP) is 2.43. The van der Waals surface area contributed by atoms with E-state index >= 15 is 0 Å². The van der Waals surface area contributed by atoms with E-state index in [1.165, 1.54) is 0 Å². The minimum Gasteiger partial charge on any atom is -0.367 e. The number of hydrogen-bond acceptors (Lipinski definition) is 4. The van der Waals surface area contributed by atoms with Gasteiger partial charge in [0.15, 0.2) is 9.84 Å². The number of nitrogens with zero attached hydrogens (tertiary/aromatic N) is 1. The second kappa shape index (κ2) is 6.79. The monoisotopic (exact) mass is 310 g/mol. The van der Waals surface area contributed by atoms with Gasteiger partial charge in [-0.15, -0.1) is 0 Å². The Labute approximate surface area is 128 Å². The largest absolute Gasteiger partial charge is 0.367 e. The van der Waals surface area contributed by atoms with Crippen LogP contribution in [0.25, 0.3) is 0 Å². The number of rotatable bonds is 5. The highest BCUT2D eigenvalue weighted by atomic mass is 32.2. The van der Waals surface area contributed by atoms with Crippen LogP contribution in [0.1, 0.15) is 33.1 Å². The van der Waals surface area contributed by atoms with E-state index in [2.05, 4.69) is 11.8 Å². The molecular formula is C16H26N2O2S. The lowest BCUT2D eigenvalue weighted by Gasteiger charge is -2.40. The number of benzene rings is 1. The van der Waals surface area contributed by atoms with Crippen molar-refractivity contribution in [3.05, 3.63) is 24.3 Å². The van der Waals surface area contributed by atoms with Crippen LogP contribution in [0.4, 0.5) is 5.69 Å². The van der Waals surface area contributed by atoms with E-state index in [-0.39, 0.29) is 5.75 Å². The maximum Gasteiger partial charge on any atom is 0.180 e. The Morgan fingerprint density at radius 2 is 2.00 bits per heavy atom. The van der Waals surface area contributed by atoms with Gasteiger partial charge in [-0.3, -0.25) is 0 Å². The van der Waals surface area contributed by atoms with Crippen molar-refractivity contribution in [3.8, 4) is 0 Å². The van der Waals surface area contributed by atoms with E-state index < -0.39 is 9.84 Å². The molecule has 0 saturated carbocycles. The van der Waals surface area contributed by atoms with Crippen LogP contribution < -0.4 is 10.6 Å². The van der Waals surface area contributed by atoms with E-state index in [1.807, 2.05) is 19.1 Å². The molecule has 2 N–H and O–H groups in total. The first-order valence-corrected chi connectivity index (χ1v) is 9.43. The van der Waals surface area contributed by atoms with E-state index in [4.69, 9.17) is 5.73 Å². The molecule has 1 aromatic rings. The third kappa shape index (κ3) is 3.58. The molecule has 21 heavy (non-hydrogen) atoms. The van der Waals surface area contributed by atoms with Crippen LogP contribution in [0.3, 0.4) is 0 Å². The molecule has 0 aliphatic carbocycles. The number of nitrogens with two attached hydrogens (primary N) is 1. The summed E-state index contributed by atoms with van der Waals surface area (Å²) < 4.78 is 25.0. The summed E-state index contributed by atoms with van der Waals surface area (Å²) in [6.07, 6.45) is 2.82. The van der Waals surface area contributed by atoms with E-state index in [0.717, 1.165) is 25.1 Å². The minimum absolute atomic E-state index is 0.201. The van der Waals surface area contributed by atoms with Crippen molar-refractivity contribution in [1.82, 2.24) is 0 Å². The summed E-state index contributed by atoms with van der Waals surface area (Å²) in [6.45, 7) is 5.56. The first kappa shape index (κ1) is 16.3. The van der Waals surface area contributed by atoms with Gasteiger partial charge >= 0.3 is 0 Å². The Balaban J connectivity index is 2.39. The van der Waals surface area contributed by atoms with Crippen molar-refractivity contribution in [2.75, 3.05) is 23.7 Å². The van der Waals surface area contributed by atoms with Crippen LogP contribution >= 0.6 is 0 Å². The van der Waals surface area contributed by atoms with Gasteiger partial charge in [-0.1, -0.05) is 19.1 Å². The summed E-state index contributed by atoms with van der Waals surface area (Å²) in [5.74, 6) is 0.648. The summed E-state index contributed by atoms with van der Waals surface area (Å²) in [5.41, 5.74) is 6.66. The molecule has 2 atom stereocenters. The van der Waals surface area contributed by atoms with Crippen molar-refractivity contribution in [2.24, 2.45) is 11.7 Å². The van der Waals surface area contributed by atoms with Gasteiger partial charge in [0.2, 0.25) is 0 Å². The quantitative estimate of drug-likeness (QED) is 0.907. The van der Waals surface area contributed by atoms with Crippen LogP contribution in [0, 0.1) is 5.92 Å². The van der Waals surface area contributed by atoms with E-state index in [1.54, 1.807) is 12.1 Å². The maximum atomic E-state index is 12.5. The highest BCUT2D eigenvalue weighted by Gasteiger charge is 2.28. The van der Waals surface area contributed by atoms with Gasteiger partial charge in [-0.05, 0) is 50.8 Å². The van der Waals surface area contributed by atoms with Crippen LogP contribution in [-0.2, 0) is 9.84 Å². The standard InChI is InChI=1S/C16H26N2O2S/c1-3-10-21(19,20)16-7-5-4-6-15(16)18-12-14(11-17)9-8-13(18)2/h4-7,13-14H,3,8-12,17H2,1-2H3. The maximum absolute atomic E-state index is 12.5. The Kier molecular flexibility index (Phi) is 5.27. The first-order valence-electron chi connectivity index (χ1n) is 7.78. The van der Waals surface area contributed by atoms with Crippen molar-refractivity contribution >= 4 is 15.5 Å². The molecule has 1 aromatic carbocycles. The van der Waals surface area contributed by atoms with Gasteiger partial charge < -0.3 is 10.6 Å². The van der Waals surface area contributed by atoms with E-state index in [9.17, 15) is 8.42 Å². The fourth-order valence-corrected chi connectivity index (χ4v) is 4.59. The molecule has 4 nitrogen and oxygen atoms in total. The molecule has 118 valence electrons. The van der Waals surface area contributed by atoms with Gasteiger partial charge in [-0.2, -0.15) is 0 Å². The molecule has 1 fully saturated rings. The number of para-hydroxylation sites is 1. The molecular weight excluding hydrogens is 284 g/mol. The fraction of sp³-hybridized carbons (Fsp3) is 0.625. The fourth-order valence-electron chi connectivity index (χ4n) is 3.05. The van der Waals surface area contributed by atoms with Crippen LogP contribution in [0.2, 0.25) is 0 Å². The molecule has 1 saturated heterocycles. The lowest BCUT2D eigenvalue weighted by Crippen LogP contribution is -2.44. The molecule has 1 aliphatic rings. The molecule has 0 radical (unpaired) electrons. The summed E-state index contributed by atoms with van der Waals surface area (Å²) in [4.78, 5) is 2.69. The number of piperidine rings is 1. The Morgan fingerprint density at radius 1 is 1.29 bits per heavy atom. The average molecular weight is 310 g/mol. The molecule has 2 rings (SSSR count). The van der Waals surface area contributed by atoms with Gasteiger partial charge in [0, 0.05) is 12.6 Å². The second-order valence-electron chi connectivity index (χ2n) is 5.97. The molecule has 0 bridgehead atoms. The Bertz CT molecular complexity index is 571. The van der Waals surface area contributed by atoms with Gasteiger partial charge in [-0.25, -0.2) is 8.42 Å². The topological polar surface area (TPSA) is 63.4 Å². The summed E-state index contributed by atoms with van der Waals surface area (Å²) in [7, 11) is -3.21. The summed E-state index contributed by atoms with van der Waals surface area (Å²) >= 11 is 0. The number of anilines is 1. The lowest BCUT2D eigenvalue weighted by atomic mass is 9.93. The highest BCUT2D eigenvalue weighted by Crippen LogP contribution is 2.32. The summed E-state index contributed by atoms with van der Waals surface area (Å²) in [5, 5.41) is 0. The zero-order valence-electron chi connectivity index (χ0n) is 13.0. The summed E-state index contributed by atoms with van der Waals surface area (Å²) in [6, 6.07) is 7.74. The van der Waals surface area contributed by atoms with Crippen LogP contribution in [0.5, 0.6) is 0 Å². The van der Waals surface area contributed by atoms with Crippen LogP contribution in [-0.4, -0.2) is 33.3 Å². The smallest absolute Gasteiger partial charge is 0.180 e. The zero-order valence-corrected chi connectivity index (χ0v) is 13.8. The zero-order chi connectivity index (χ0) is 15.5. The van der Waals surface area contributed by atoms with E-state index in [0.29, 0.717) is 29.8 Å². The molecule has 1 aliphatic heterocycles. The second-order valence-corrected chi connectivity index (χ2v) is 8.04. The molecule has 0 aromatic heterocycles. The van der Waals surface area contributed by atoms with Crippen molar-refractivity contribution in [1.29, 1.82) is 0 Å². The first-order chi connectivity index (χ1) is 9.99. The Morgan fingerprint density at radius 3 is 2.67 bits per heavy atom. The third-order valence-corrected chi connectivity index (χ3v) is 6.26. The van der Waals surface area contributed by atoms with Crippen molar-refractivity contribution < 1.29 is 8.42 Å². The van der Waals surface area contributed by atoms with Crippen LogP contribution in [0.15, 0.2) is 29.2 Å². The van der Waals surface area contributed by atoms with Gasteiger partial charge in [0.1, 0.15) is 0 Å². The minimum atomic E-state index is -3.21. The average Bonchev–Trinajstić information content (AvgIpc) is 2.48. The molecule has 5 heteroatoms. The SMILES string of the molecule is CCCS(=O)(=O)c1ccccc1N1CC(CN)CCC1C. The number of hydrogen-bond donors (Lipinski definition) is 1. The molecule has 0 spiro atoms. The molecule has 1 heterocycles. The van der Waals surface area contributed by atoms with Crippen molar-refractivity contribution in [2.45, 2.75) is 44.0 Å². The lowest BCUT2D eigenvalue weighted by molar-refractivity contribution is 0.372. The number of sulfone groups is 1. The third-order valence-electron chi connectivity index (χ3n) is 4.30. The predicted molar refractivity (Wildman–Crippen MR) is 87.4 cm³/mol. The van der Waals surface area contributed by atoms with Crippen molar-refractivity contribution in [3.63, 3.8) is 0 Å².